The number of hydrogen-bond donors (Lipinski definition) is 1. The van der Waals surface area contributed by atoms with E-state index in [9.17, 15) is 26.3 Å². The second-order valence-electron chi connectivity index (χ2n) is 5.88. The molecule has 0 aromatic heterocycles. The van der Waals surface area contributed by atoms with Gasteiger partial charge in [0.25, 0.3) is 0 Å². The van der Waals surface area contributed by atoms with Gasteiger partial charge in [-0.25, -0.2) is 0 Å². The molecule has 0 saturated heterocycles. The van der Waals surface area contributed by atoms with Gasteiger partial charge < -0.3 is 0 Å². The van der Waals surface area contributed by atoms with Crippen LogP contribution in [0.2, 0.25) is 0 Å². The average molecular weight is 398 g/mol. The van der Waals surface area contributed by atoms with E-state index in [2.05, 4.69) is 12.6 Å². The average Bonchev–Trinajstić information content (AvgIpc) is 2.61. The van der Waals surface area contributed by atoms with E-state index in [1.807, 2.05) is 0 Å². The summed E-state index contributed by atoms with van der Waals surface area (Å²) in [7, 11) is 0. The van der Waals surface area contributed by atoms with Crippen molar-refractivity contribution in [2.24, 2.45) is 0 Å². The van der Waals surface area contributed by atoms with Gasteiger partial charge in [0.1, 0.15) is 0 Å². The molecule has 0 aliphatic heterocycles. The Morgan fingerprint density at radius 3 is 1.37 bits per heavy atom. The molecule has 0 aliphatic rings. The maximum Gasteiger partial charge on any atom is 0.416 e. The summed E-state index contributed by atoms with van der Waals surface area (Å²) in [5.74, 6) is 0. The van der Waals surface area contributed by atoms with Gasteiger partial charge in [-0.2, -0.15) is 26.3 Å². The number of halogens is 6. The zero-order valence-electron chi connectivity index (χ0n) is 13.6. The first kappa shape index (κ1) is 19.4. The van der Waals surface area contributed by atoms with Gasteiger partial charge in [-0.15, -0.1) is 12.6 Å². The van der Waals surface area contributed by atoms with Gasteiger partial charge in [-0.05, 0) is 58.7 Å². The van der Waals surface area contributed by atoms with Crippen molar-refractivity contribution in [2.75, 3.05) is 0 Å². The molecule has 0 aliphatic carbocycles. The summed E-state index contributed by atoms with van der Waals surface area (Å²) in [6, 6.07) is 14.4. The predicted octanol–water partition coefficient (Wildman–Crippen LogP) is 7.35. The Bertz CT molecular complexity index is 938. The van der Waals surface area contributed by atoms with Gasteiger partial charge in [0.2, 0.25) is 0 Å². The van der Waals surface area contributed by atoms with E-state index in [1.165, 1.54) is 24.3 Å². The molecule has 0 nitrogen and oxygen atoms in total. The molecule has 3 aromatic rings. The first-order chi connectivity index (χ1) is 12.6. The highest BCUT2D eigenvalue weighted by molar-refractivity contribution is 7.80. The summed E-state index contributed by atoms with van der Waals surface area (Å²) in [5.41, 5.74) is 0.804. The van der Waals surface area contributed by atoms with Crippen LogP contribution in [0.25, 0.3) is 22.3 Å². The Labute approximate surface area is 156 Å². The number of thiol groups is 1. The van der Waals surface area contributed by atoms with Crippen LogP contribution in [-0.4, -0.2) is 0 Å². The molecule has 3 rings (SSSR count). The number of rotatable bonds is 2. The van der Waals surface area contributed by atoms with E-state index in [1.54, 1.807) is 18.2 Å². The van der Waals surface area contributed by atoms with Gasteiger partial charge in [0, 0.05) is 4.90 Å². The Balaban J connectivity index is 1.97. The summed E-state index contributed by atoms with van der Waals surface area (Å²) in [6.07, 6.45) is -8.84. The fourth-order valence-corrected chi connectivity index (χ4v) is 2.91. The normalized spacial score (nSPS) is 12.3. The molecule has 0 heterocycles. The summed E-state index contributed by atoms with van der Waals surface area (Å²) >= 11 is 4.34. The maximum absolute atomic E-state index is 12.7. The number of benzene rings is 3. The molecule has 0 fully saturated rings. The zero-order valence-corrected chi connectivity index (χ0v) is 14.5. The predicted molar refractivity (Wildman–Crippen MR) is 94.6 cm³/mol. The highest BCUT2D eigenvalue weighted by atomic mass is 32.1. The summed E-state index contributed by atoms with van der Waals surface area (Å²) < 4.78 is 76.2. The third kappa shape index (κ3) is 4.30. The van der Waals surface area contributed by atoms with Gasteiger partial charge in [0.05, 0.1) is 11.1 Å². The smallest absolute Gasteiger partial charge is 0.166 e. The largest absolute Gasteiger partial charge is 0.416 e. The second kappa shape index (κ2) is 6.96. The van der Waals surface area contributed by atoms with Crippen LogP contribution in [0.4, 0.5) is 26.3 Å². The van der Waals surface area contributed by atoms with Crippen molar-refractivity contribution >= 4 is 12.6 Å². The first-order valence-electron chi connectivity index (χ1n) is 7.74. The Kier molecular flexibility index (Phi) is 4.99. The van der Waals surface area contributed by atoms with Crippen molar-refractivity contribution in [1.82, 2.24) is 0 Å². The fraction of sp³-hybridized carbons (Fsp3) is 0.100. The standard InChI is InChI=1S/C20H12F6S/c21-19(22,23)15-6-1-12(2-7-15)14-5-10-18(27)17(11-14)13-3-8-16(9-4-13)20(24,25)26/h1-11,27H. The van der Waals surface area contributed by atoms with Crippen LogP contribution >= 0.6 is 12.6 Å². The number of alkyl halides is 6. The molecular weight excluding hydrogens is 386 g/mol. The zero-order chi connectivity index (χ0) is 19.8. The van der Waals surface area contributed by atoms with Crippen LogP contribution in [0.15, 0.2) is 71.6 Å². The molecule has 0 unspecified atom stereocenters. The lowest BCUT2D eigenvalue weighted by Gasteiger charge is -2.12. The third-order valence-corrected chi connectivity index (χ3v) is 4.46. The Morgan fingerprint density at radius 1 is 0.519 bits per heavy atom. The van der Waals surface area contributed by atoms with Crippen molar-refractivity contribution in [3.8, 4) is 22.3 Å². The summed E-state index contributed by atoms with van der Waals surface area (Å²) in [5, 5.41) is 0. The van der Waals surface area contributed by atoms with Crippen LogP contribution in [0.5, 0.6) is 0 Å². The van der Waals surface area contributed by atoms with Crippen LogP contribution in [0.3, 0.4) is 0 Å². The first-order valence-corrected chi connectivity index (χ1v) is 8.19. The van der Waals surface area contributed by atoms with E-state index >= 15 is 0 Å². The highest BCUT2D eigenvalue weighted by Gasteiger charge is 2.30. The minimum Gasteiger partial charge on any atom is -0.166 e. The Morgan fingerprint density at radius 2 is 0.926 bits per heavy atom. The quantitative estimate of drug-likeness (QED) is 0.339. The van der Waals surface area contributed by atoms with Crippen LogP contribution < -0.4 is 0 Å². The van der Waals surface area contributed by atoms with Crippen molar-refractivity contribution < 1.29 is 26.3 Å². The molecule has 0 bridgehead atoms. The van der Waals surface area contributed by atoms with Gasteiger partial charge >= 0.3 is 12.4 Å². The van der Waals surface area contributed by atoms with E-state index in [0.29, 0.717) is 27.1 Å². The summed E-state index contributed by atoms with van der Waals surface area (Å²) in [4.78, 5) is 0.547. The molecule has 140 valence electrons. The topological polar surface area (TPSA) is 0 Å². The van der Waals surface area contributed by atoms with E-state index in [-0.39, 0.29) is 0 Å². The SMILES string of the molecule is FC(F)(F)c1ccc(-c2ccc(S)c(-c3ccc(C(F)(F)F)cc3)c2)cc1. The molecule has 27 heavy (non-hydrogen) atoms. The maximum atomic E-state index is 12.7. The molecular formula is C20H12F6S. The van der Waals surface area contributed by atoms with E-state index < -0.39 is 23.5 Å². The molecule has 0 atom stereocenters. The van der Waals surface area contributed by atoms with Gasteiger partial charge in [-0.1, -0.05) is 30.3 Å². The molecule has 3 aromatic carbocycles. The van der Waals surface area contributed by atoms with Crippen LogP contribution in [0, 0.1) is 0 Å². The molecule has 7 heteroatoms. The van der Waals surface area contributed by atoms with Crippen molar-refractivity contribution in [3.63, 3.8) is 0 Å². The van der Waals surface area contributed by atoms with Crippen molar-refractivity contribution in [3.05, 3.63) is 77.9 Å². The van der Waals surface area contributed by atoms with Crippen molar-refractivity contribution in [1.29, 1.82) is 0 Å². The molecule has 0 radical (unpaired) electrons. The van der Waals surface area contributed by atoms with Crippen molar-refractivity contribution in [2.45, 2.75) is 17.2 Å². The lowest BCUT2D eigenvalue weighted by molar-refractivity contribution is -0.138. The minimum atomic E-state index is -4.43. The van der Waals surface area contributed by atoms with Gasteiger partial charge in [0.15, 0.2) is 0 Å². The number of hydrogen-bond acceptors (Lipinski definition) is 1. The molecule has 0 spiro atoms. The van der Waals surface area contributed by atoms with E-state index in [0.717, 1.165) is 24.3 Å². The van der Waals surface area contributed by atoms with Crippen LogP contribution in [0.1, 0.15) is 11.1 Å². The van der Waals surface area contributed by atoms with Crippen LogP contribution in [-0.2, 0) is 12.4 Å². The monoisotopic (exact) mass is 398 g/mol. The lowest BCUT2D eigenvalue weighted by atomic mass is 9.97. The second-order valence-corrected chi connectivity index (χ2v) is 6.36. The highest BCUT2D eigenvalue weighted by Crippen LogP contribution is 2.36. The minimum absolute atomic E-state index is 0.529. The van der Waals surface area contributed by atoms with E-state index in [4.69, 9.17) is 0 Å². The third-order valence-electron chi connectivity index (χ3n) is 4.07. The lowest BCUT2D eigenvalue weighted by Crippen LogP contribution is -2.04. The fourth-order valence-electron chi connectivity index (χ4n) is 2.64. The molecule has 0 amide bonds. The summed E-state index contributed by atoms with van der Waals surface area (Å²) in [6.45, 7) is 0. The van der Waals surface area contributed by atoms with Gasteiger partial charge in [-0.3, -0.25) is 0 Å². The molecule has 0 N–H and O–H groups in total. The Hall–Kier alpha value is -2.41. The molecule has 0 saturated carbocycles.